The summed E-state index contributed by atoms with van der Waals surface area (Å²) in [6.45, 7) is 3.02. The molecule has 1 aliphatic rings. The molecule has 1 heterocycles. The van der Waals surface area contributed by atoms with Crippen LogP contribution in [0.4, 0.5) is 0 Å². The molecule has 0 bridgehead atoms. The van der Waals surface area contributed by atoms with E-state index >= 15 is 0 Å². The topological polar surface area (TPSA) is 52.6 Å². The lowest BCUT2D eigenvalue weighted by Crippen LogP contribution is -2.41. The minimum Gasteiger partial charge on any atom is -0.419 e. The summed E-state index contributed by atoms with van der Waals surface area (Å²) in [4.78, 5) is 24.2. The molecule has 0 atom stereocenters. The molecular weight excluding hydrogens is 328 g/mol. The molecule has 4 nitrogen and oxygen atoms in total. The predicted molar refractivity (Wildman–Crippen MR) is 91.1 cm³/mol. The summed E-state index contributed by atoms with van der Waals surface area (Å²) < 4.78 is 10.2. The van der Waals surface area contributed by atoms with Crippen molar-refractivity contribution in [3.8, 4) is 11.1 Å². The molecule has 0 aromatic heterocycles. The Labute approximate surface area is 144 Å². The molecule has 1 fully saturated rings. The van der Waals surface area contributed by atoms with Crippen LogP contribution in [-0.2, 0) is 19.1 Å². The lowest BCUT2D eigenvalue weighted by atomic mass is 9.97. The van der Waals surface area contributed by atoms with Gasteiger partial charge in [0.25, 0.3) is 5.79 Å². The third kappa shape index (κ3) is 3.19. The Morgan fingerprint density at radius 1 is 0.875 bits per heavy atom. The summed E-state index contributed by atoms with van der Waals surface area (Å²) in [6.07, 6.45) is 1.47. The molecule has 0 radical (unpaired) electrons. The van der Waals surface area contributed by atoms with Crippen molar-refractivity contribution in [2.45, 2.75) is 19.6 Å². The molecule has 0 unspecified atom stereocenters. The van der Waals surface area contributed by atoms with Crippen molar-refractivity contribution < 1.29 is 19.1 Å². The first kappa shape index (κ1) is 16.3. The van der Waals surface area contributed by atoms with Crippen LogP contribution in [0.1, 0.15) is 19.4 Å². The maximum atomic E-state index is 12.1. The van der Waals surface area contributed by atoms with Gasteiger partial charge in [-0.3, -0.25) is 0 Å². The van der Waals surface area contributed by atoms with E-state index in [0.717, 1.165) is 11.1 Å². The average molecular weight is 343 g/mol. The van der Waals surface area contributed by atoms with Crippen molar-refractivity contribution in [2.75, 3.05) is 0 Å². The van der Waals surface area contributed by atoms with Crippen molar-refractivity contribution >= 4 is 29.6 Å². The number of hydrogen-bond acceptors (Lipinski definition) is 4. The Morgan fingerprint density at radius 3 is 2.04 bits per heavy atom. The monoisotopic (exact) mass is 342 g/mol. The largest absolute Gasteiger partial charge is 0.419 e. The van der Waals surface area contributed by atoms with Gasteiger partial charge in [-0.15, -0.1) is 0 Å². The number of esters is 2. The third-order valence-corrected chi connectivity index (χ3v) is 3.87. The molecular formula is C19H15ClO4. The van der Waals surface area contributed by atoms with Crippen LogP contribution in [0.25, 0.3) is 17.2 Å². The van der Waals surface area contributed by atoms with Gasteiger partial charge in [0.1, 0.15) is 5.57 Å². The van der Waals surface area contributed by atoms with Gasteiger partial charge in [-0.05, 0) is 23.3 Å². The zero-order valence-corrected chi connectivity index (χ0v) is 14.0. The fraction of sp³-hybridized carbons (Fsp3) is 0.158. The maximum Gasteiger partial charge on any atom is 0.348 e. The normalized spacial score (nSPS) is 16.4. The Hall–Kier alpha value is -2.59. The molecule has 1 saturated heterocycles. The minimum absolute atomic E-state index is 0.145. The molecule has 0 amide bonds. The summed E-state index contributed by atoms with van der Waals surface area (Å²) in [7, 11) is 0. The van der Waals surface area contributed by atoms with Crippen LogP contribution < -0.4 is 0 Å². The molecule has 3 rings (SSSR count). The van der Waals surface area contributed by atoms with E-state index in [1.807, 2.05) is 36.4 Å². The number of carbonyl (C=O) groups is 2. The van der Waals surface area contributed by atoms with Crippen LogP contribution in [0.15, 0.2) is 54.1 Å². The van der Waals surface area contributed by atoms with Gasteiger partial charge in [-0.2, -0.15) is 0 Å². The number of ether oxygens (including phenoxy) is 2. The Morgan fingerprint density at radius 2 is 1.42 bits per heavy atom. The second kappa shape index (κ2) is 6.13. The number of carbonyl (C=O) groups excluding carboxylic acids is 2. The smallest absolute Gasteiger partial charge is 0.348 e. The Bertz CT molecular complexity index is 830. The van der Waals surface area contributed by atoms with Crippen molar-refractivity contribution in [3.05, 3.63) is 64.7 Å². The molecule has 0 N–H and O–H groups in total. The van der Waals surface area contributed by atoms with E-state index in [-0.39, 0.29) is 5.57 Å². The highest BCUT2D eigenvalue weighted by atomic mass is 35.5. The maximum absolute atomic E-state index is 12.1. The molecule has 5 heteroatoms. The highest BCUT2D eigenvalue weighted by Gasteiger charge is 2.38. The lowest BCUT2D eigenvalue weighted by Gasteiger charge is -2.29. The van der Waals surface area contributed by atoms with E-state index in [0.29, 0.717) is 10.6 Å². The van der Waals surface area contributed by atoms with Gasteiger partial charge in [0.05, 0.1) is 0 Å². The van der Waals surface area contributed by atoms with Gasteiger partial charge in [-0.25, -0.2) is 9.59 Å². The zero-order chi connectivity index (χ0) is 17.3. The third-order valence-electron chi connectivity index (χ3n) is 3.54. The van der Waals surface area contributed by atoms with Gasteiger partial charge in [0, 0.05) is 24.4 Å². The summed E-state index contributed by atoms with van der Waals surface area (Å²) >= 11 is 6.26. The summed E-state index contributed by atoms with van der Waals surface area (Å²) in [5.41, 5.74) is 2.15. The van der Waals surface area contributed by atoms with Crippen LogP contribution in [0.3, 0.4) is 0 Å². The molecule has 1 aliphatic heterocycles. The van der Waals surface area contributed by atoms with E-state index in [9.17, 15) is 9.59 Å². The summed E-state index contributed by atoms with van der Waals surface area (Å²) in [6, 6.07) is 14.7. The summed E-state index contributed by atoms with van der Waals surface area (Å²) in [5, 5.41) is 0.582. The fourth-order valence-corrected chi connectivity index (χ4v) is 2.72. The lowest BCUT2D eigenvalue weighted by molar-refractivity contribution is -0.222. The molecule has 0 spiro atoms. The van der Waals surface area contributed by atoms with Crippen LogP contribution >= 0.6 is 11.6 Å². The average Bonchev–Trinajstić information content (AvgIpc) is 2.51. The first-order chi connectivity index (χ1) is 11.4. The SMILES string of the molecule is CC1(C)OC(=O)C(=Cc2ccccc2-c2ccccc2Cl)C(=O)O1. The number of cyclic esters (lactones) is 2. The number of rotatable bonds is 2. The molecule has 0 saturated carbocycles. The Kier molecular flexibility index (Phi) is 4.16. The van der Waals surface area contributed by atoms with Gasteiger partial charge in [-0.1, -0.05) is 54.1 Å². The molecule has 24 heavy (non-hydrogen) atoms. The van der Waals surface area contributed by atoms with Gasteiger partial charge in [0.15, 0.2) is 0 Å². The van der Waals surface area contributed by atoms with Gasteiger partial charge in [0.2, 0.25) is 0 Å². The standard InChI is InChI=1S/C19H15ClO4/c1-19(2)23-17(21)15(18(22)24-19)11-12-7-3-4-8-13(12)14-9-5-6-10-16(14)20/h3-11H,1-2H3. The quantitative estimate of drug-likeness (QED) is 0.465. The molecule has 0 aliphatic carbocycles. The van der Waals surface area contributed by atoms with E-state index in [1.54, 1.807) is 12.1 Å². The first-order valence-electron chi connectivity index (χ1n) is 7.40. The van der Waals surface area contributed by atoms with Crippen LogP contribution in [-0.4, -0.2) is 17.7 Å². The van der Waals surface area contributed by atoms with E-state index in [2.05, 4.69) is 0 Å². The zero-order valence-electron chi connectivity index (χ0n) is 13.2. The van der Waals surface area contributed by atoms with Crippen LogP contribution in [0.5, 0.6) is 0 Å². The highest BCUT2D eigenvalue weighted by molar-refractivity contribution is 6.33. The van der Waals surface area contributed by atoms with Gasteiger partial charge < -0.3 is 9.47 Å². The number of hydrogen-bond donors (Lipinski definition) is 0. The van der Waals surface area contributed by atoms with E-state index in [4.69, 9.17) is 21.1 Å². The van der Waals surface area contributed by atoms with Crippen LogP contribution in [0.2, 0.25) is 5.02 Å². The van der Waals surface area contributed by atoms with E-state index < -0.39 is 17.7 Å². The number of halogens is 1. The highest BCUT2D eigenvalue weighted by Crippen LogP contribution is 2.32. The molecule has 2 aromatic carbocycles. The predicted octanol–water partition coefficient (Wildman–Crippen LogP) is 4.23. The number of benzene rings is 2. The second-order valence-electron chi connectivity index (χ2n) is 5.80. The van der Waals surface area contributed by atoms with Crippen LogP contribution in [0, 0.1) is 0 Å². The minimum atomic E-state index is -1.26. The van der Waals surface area contributed by atoms with Crippen molar-refractivity contribution in [2.24, 2.45) is 0 Å². The Balaban J connectivity index is 2.07. The van der Waals surface area contributed by atoms with Crippen molar-refractivity contribution in [1.29, 1.82) is 0 Å². The fourth-order valence-electron chi connectivity index (χ4n) is 2.48. The molecule has 2 aromatic rings. The summed E-state index contributed by atoms with van der Waals surface area (Å²) in [5.74, 6) is -2.66. The van der Waals surface area contributed by atoms with Gasteiger partial charge >= 0.3 is 11.9 Å². The van der Waals surface area contributed by atoms with Crippen molar-refractivity contribution in [3.63, 3.8) is 0 Å². The van der Waals surface area contributed by atoms with E-state index in [1.165, 1.54) is 19.9 Å². The first-order valence-corrected chi connectivity index (χ1v) is 7.77. The second-order valence-corrected chi connectivity index (χ2v) is 6.21. The van der Waals surface area contributed by atoms with Crippen molar-refractivity contribution in [1.82, 2.24) is 0 Å². The molecule has 122 valence electrons.